The SMILES string of the molecule is O=C1C2C=CC=CC2N=CN1C1CCCCC1. The molecule has 90 valence electrons. The summed E-state index contributed by atoms with van der Waals surface area (Å²) in [4.78, 5) is 18.8. The quantitative estimate of drug-likeness (QED) is 0.680. The molecule has 0 saturated heterocycles. The van der Waals surface area contributed by atoms with Crippen LogP contribution in [0.4, 0.5) is 0 Å². The topological polar surface area (TPSA) is 32.7 Å². The van der Waals surface area contributed by atoms with E-state index in [9.17, 15) is 4.79 Å². The van der Waals surface area contributed by atoms with Crippen molar-refractivity contribution in [2.45, 2.75) is 44.2 Å². The Morgan fingerprint density at radius 3 is 2.71 bits per heavy atom. The molecule has 1 amide bonds. The van der Waals surface area contributed by atoms with Crippen LogP contribution in [0.1, 0.15) is 32.1 Å². The van der Waals surface area contributed by atoms with E-state index in [1.807, 2.05) is 29.2 Å². The first kappa shape index (κ1) is 10.8. The van der Waals surface area contributed by atoms with Crippen molar-refractivity contribution in [2.75, 3.05) is 0 Å². The molecule has 3 nitrogen and oxygen atoms in total. The minimum atomic E-state index is -0.0630. The summed E-state index contributed by atoms with van der Waals surface area (Å²) in [5.74, 6) is 0.171. The molecule has 0 spiro atoms. The van der Waals surface area contributed by atoms with Crippen LogP contribution in [0.15, 0.2) is 29.3 Å². The summed E-state index contributed by atoms with van der Waals surface area (Å²) >= 11 is 0. The summed E-state index contributed by atoms with van der Waals surface area (Å²) in [6.07, 6.45) is 15.8. The third-order valence-corrected chi connectivity index (χ3v) is 3.98. The fourth-order valence-corrected chi connectivity index (χ4v) is 2.98. The molecule has 0 radical (unpaired) electrons. The first-order valence-corrected chi connectivity index (χ1v) is 6.57. The van der Waals surface area contributed by atoms with Crippen LogP contribution in [-0.4, -0.2) is 29.2 Å². The van der Waals surface area contributed by atoms with Gasteiger partial charge in [0.25, 0.3) is 0 Å². The Kier molecular flexibility index (Phi) is 2.83. The lowest BCUT2D eigenvalue weighted by atomic mass is 9.89. The van der Waals surface area contributed by atoms with Gasteiger partial charge < -0.3 is 0 Å². The zero-order valence-electron chi connectivity index (χ0n) is 9.96. The molecule has 2 unspecified atom stereocenters. The molecule has 3 rings (SSSR count). The molecule has 0 aromatic rings. The molecule has 3 heteroatoms. The van der Waals surface area contributed by atoms with E-state index in [0.717, 1.165) is 12.8 Å². The van der Waals surface area contributed by atoms with Crippen molar-refractivity contribution in [3.8, 4) is 0 Å². The third-order valence-electron chi connectivity index (χ3n) is 3.98. The van der Waals surface area contributed by atoms with Crippen molar-refractivity contribution in [3.05, 3.63) is 24.3 Å². The normalized spacial score (nSPS) is 32.9. The van der Waals surface area contributed by atoms with Crippen LogP contribution in [0.3, 0.4) is 0 Å². The lowest BCUT2D eigenvalue weighted by Crippen LogP contribution is -2.48. The largest absolute Gasteiger partial charge is 0.300 e. The smallest absolute Gasteiger partial charge is 0.237 e. The van der Waals surface area contributed by atoms with Gasteiger partial charge in [0, 0.05) is 6.04 Å². The van der Waals surface area contributed by atoms with Crippen LogP contribution >= 0.6 is 0 Å². The van der Waals surface area contributed by atoms with Crippen LogP contribution in [0.2, 0.25) is 0 Å². The highest BCUT2D eigenvalue weighted by Crippen LogP contribution is 2.28. The number of hydrogen-bond donors (Lipinski definition) is 0. The van der Waals surface area contributed by atoms with Crippen molar-refractivity contribution >= 4 is 12.2 Å². The summed E-state index contributed by atoms with van der Waals surface area (Å²) in [5, 5.41) is 0. The summed E-state index contributed by atoms with van der Waals surface area (Å²) < 4.78 is 0. The number of aliphatic imine (C=N–C) groups is 1. The second-order valence-electron chi connectivity index (χ2n) is 5.09. The van der Waals surface area contributed by atoms with Gasteiger partial charge in [0.1, 0.15) is 0 Å². The minimum Gasteiger partial charge on any atom is -0.300 e. The molecule has 17 heavy (non-hydrogen) atoms. The van der Waals surface area contributed by atoms with Gasteiger partial charge >= 0.3 is 0 Å². The van der Waals surface area contributed by atoms with Crippen molar-refractivity contribution in [3.63, 3.8) is 0 Å². The standard InChI is InChI=1S/C14H18N2O/c17-14-12-8-4-5-9-13(12)15-10-16(14)11-6-2-1-3-7-11/h4-5,8-13H,1-3,6-7H2. The fraction of sp³-hybridized carbons (Fsp3) is 0.571. The van der Waals surface area contributed by atoms with E-state index in [-0.39, 0.29) is 17.9 Å². The Morgan fingerprint density at radius 2 is 1.88 bits per heavy atom. The molecular formula is C14H18N2O. The third kappa shape index (κ3) is 1.94. The Hall–Kier alpha value is -1.38. The number of amides is 1. The maximum Gasteiger partial charge on any atom is 0.237 e. The summed E-state index contributed by atoms with van der Waals surface area (Å²) in [6, 6.07) is 0.424. The average Bonchev–Trinajstić information content (AvgIpc) is 2.40. The van der Waals surface area contributed by atoms with Crippen molar-refractivity contribution in [2.24, 2.45) is 10.9 Å². The molecule has 2 atom stereocenters. The Bertz CT molecular complexity index is 391. The summed E-state index contributed by atoms with van der Waals surface area (Å²) in [5.41, 5.74) is 0. The average molecular weight is 230 g/mol. The van der Waals surface area contributed by atoms with Gasteiger partial charge in [-0.15, -0.1) is 0 Å². The fourth-order valence-electron chi connectivity index (χ4n) is 2.98. The highest BCUT2D eigenvalue weighted by Gasteiger charge is 2.35. The maximum absolute atomic E-state index is 12.4. The van der Waals surface area contributed by atoms with Gasteiger partial charge in [0.2, 0.25) is 5.91 Å². The molecule has 0 aromatic heterocycles. The van der Waals surface area contributed by atoms with E-state index >= 15 is 0 Å². The van der Waals surface area contributed by atoms with E-state index in [1.165, 1.54) is 19.3 Å². The number of fused-ring (bicyclic) bond motifs is 1. The first-order chi connectivity index (χ1) is 8.36. The molecule has 2 aliphatic carbocycles. The number of hydrogen-bond acceptors (Lipinski definition) is 2. The van der Waals surface area contributed by atoms with Crippen LogP contribution in [0.25, 0.3) is 0 Å². The van der Waals surface area contributed by atoms with E-state index in [2.05, 4.69) is 4.99 Å². The number of carbonyl (C=O) groups excluding carboxylic acids is 1. The van der Waals surface area contributed by atoms with Gasteiger partial charge in [0.05, 0.1) is 18.3 Å². The second kappa shape index (κ2) is 4.47. The number of rotatable bonds is 1. The zero-order valence-corrected chi connectivity index (χ0v) is 9.96. The summed E-state index contributed by atoms with van der Waals surface area (Å²) in [7, 11) is 0. The van der Waals surface area contributed by atoms with E-state index in [0.29, 0.717) is 6.04 Å². The van der Waals surface area contributed by atoms with Crippen molar-refractivity contribution in [1.29, 1.82) is 0 Å². The second-order valence-corrected chi connectivity index (χ2v) is 5.09. The Morgan fingerprint density at radius 1 is 1.12 bits per heavy atom. The molecule has 0 bridgehead atoms. The Balaban J connectivity index is 1.80. The minimum absolute atomic E-state index is 0.0346. The van der Waals surface area contributed by atoms with Gasteiger partial charge in [-0.3, -0.25) is 14.7 Å². The highest BCUT2D eigenvalue weighted by molar-refractivity contribution is 5.94. The molecule has 0 aromatic carbocycles. The predicted molar refractivity (Wildman–Crippen MR) is 67.8 cm³/mol. The van der Waals surface area contributed by atoms with Crippen molar-refractivity contribution in [1.82, 2.24) is 4.90 Å². The van der Waals surface area contributed by atoms with Gasteiger partial charge in [-0.1, -0.05) is 43.6 Å². The van der Waals surface area contributed by atoms with Gasteiger partial charge in [0.15, 0.2) is 0 Å². The maximum atomic E-state index is 12.4. The molecule has 3 aliphatic rings. The van der Waals surface area contributed by atoms with Gasteiger partial charge in [-0.05, 0) is 12.8 Å². The molecule has 1 saturated carbocycles. The lowest BCUT2D eigenvalue weighted by molar-refractivity contribution is -0.132. The first-order valence-electron chi connectivity index (χ1n) is 6.57. The summed E-state index contributed by atoms with van der Waals surface area (Å²) in [6.45, 7) is 0. The van der Waals surface area contributed by atoms with Crippen LogP contribution in [-0.2, 0) is 4.79 Å². The van der Waals surface area contributed by atoms with E-state index < -0.39 is 0 Å². The number of nitrogens with zero attached hydrogens (tertiary/aromatic N) is 2. The Labute approximate surface area is 102 Å². The molecule has 1 aliphatic heterocycles. The van der Waals surface area contributed by atoms with E-state index in [4.69, 9.17) is 0 Å². The molecule has 1 fully saturated rings. The number of allylic oxidation sites excluding steroid dienone is 2. The highest BCUT2D eigenvalue weighted by atomic mass is 16.2. The van der Waals surface area contributed by atoms with Crippen LogP contribution in [0, 0.1) is 5.92 Å². The zero-order chi connectivity index (χ0) is 11.7. The molecule has 0 N–H and O–H groups in total. The van der Waals surface area contributed by atoms with Crippen LogP contribution < -0.4 is 0 Å². The predicted octanol–water partition coefficient (Wildman–Crippen LogP) is 2.30. The van der Waals surface area contributed by atoms with Gasteiger partial charge in [-0.2, -0.15) is 0 Å². The van der Waals surface area contributed by atoms with Gasteiger partial charge in [-0.25, -0.2) is 0 Å². The van der Waals surface area contributed by atoms with Crippen LogP contribution in [0.5, 0.6) is 0 Å². The monoisotopic (exact) mass is 230 g/mol. The molecule has 1 heterocycles. The molecular weight excluding hydrogens is 212 g/mol. The number of carbonyl (C=O) groups is 1. The lowest BCUT2D eigenvalue weighted by Gasteiger charge is -2.37. The van der Waals surface area contributed by atoms with Crippen molar-refractivity contribution < 1.29 is 4.79 Å². The van der Waals surface area contributed by atoms with E-state index in [1.54, 1.807) is 6.34 Å².